The van der Waals surface area contributed by atoms with E-state index in [0.29, 0.717) is 17.1 Å². The summed E-state index contributed by atoms with van der Waals surface area (Å²) in [5, 5.41) is 0. The highest BCUT2D eigenvalue weighted by atomic mass is 16.5. The van der Waals surface area contributed by atoms with Crippen LogP contribution in [0, 0.1) is 6.92 Å². The summed E-state index contributed by atoms with van der Waals surface area (Å²) >= 11 is 0. The Morgan fingerprint density at radius 2 is 1.68 bits per heavy atom. The Morgan fingerprint density at radius 1 is 1.14 bits per heavy atom. The maximum absolute atomic E-state index is 12.8. The number of amides is 1. The number of unbranched alkanes of at least 4 members (excludes halogenated alkanes) is 2. The number of hydrogen-bond acceptors (Lipinski definition) is 3. The monoisotopic (exact) mass is 307 g/mol. The van der Waals surface area contributed by atoms with E-state index in [4.69, 9.17) is 9.47 Å². The van der Waals surface area contributed by atoms with Crippen molar-refractivity contribution in [3.8, 4) is 11.5 Å². The first-order valence-electron chi connectivity index (χ1n) is 7.99. The number of carbonyl (C=O) groups is 1. The van der Waals surface area contributed by atoms with E-state index in [1.807, 2.05) is 25.7 Å². The van der Waals surface area contributed by atoms with Gasteiger partial charge in [0.1, 0.15) is 11.5 Å². The summed E-state index contributed by atoms with van der Waals surface area (Å²) in [5.41, 5.74) is 1.52. The highest BCUT2D eigenvalue weighted by molar-refractivity contribution is 5.95. The van der Waals surface area contributed by atoms with Gasteiger partial charge in [-0.25, -0.2) is 0 Å². The Kier molecular flexibility index (Phi) is 7.22. The molecule has 0 aliphatic heterocycles. The zero-order valence-corrected chi connectivity index (χ0v) is 14.7. The van der Waals surface area contributed by atoms with Gasteiger partial charge < -0.3 is 14.4 Å². The van der Waals surface area contributed by atoms with Crippen LogP contribution in [0.5, 0.6) is 11.5 Å². The van der Waals surface area contributed by atoms with Crippen LogP contribution in [0.2, 0.25) is 0 Å². The first-order valence-corrected chi connectivity index (χ1v) is 7.99. The van der Waals surface area contributed by atoms with Gasteiger partial charge >= 0.3 is 0 Å². The quantitative estimate of drug-likeness (QED) is 0.680. The highest BCUT2D eigenvalue weighted by Gasteiger charge is 2.21. The van der Waals surface area contributed by atoms with Crippen molar-refractivity contribution in [1.29, 1.82) is 0 Å². The Balaban J connectivity index is 3.07. The molecule has 0 atom stereocenters. The minimum atomic E-state index is 0.0303. The van der Waals surface area contributed by atoms with Crippen molar-refractivity contribution in [2.75, 3.05) is 20.8 Å². The lowest BCUT2D eigenvalue weighted by Crippen LogP contribution is -2.37. The van der Waals surface area contributed by atoms with E-state index in [0.717, 1.165) is 31.4 Å². The van der Waals surface area contributed by atoms with Crippen molar-refractivity contribution in [3.63, 3.8) is 0 Å². The molecule has 1 aromatic rings. The van der Waals surface area contributed by atoms with Gasteiger partial charge in [0.2, 0.25) is 0 Å². The third-order valence-electron chi connectivity index (χ3n) is 3.89. The summed E-state index contributed by atoms with van der Waals surface area (Å²) in [6.07, 6.45) is 3.31. The van der Waals surface area contributed by atoms with Gasteiger partial charge in [-0.15, -0.1) is 0 Å². The summed E-state index contributed by atoms with van der Waals surface area (Å²) in [6.45, 7) is 8.96. The second kappa shape index (κ2) is 8.66. The molecule has 0 heterocycles. The van der Waals surface area contributed by atoms with Crippen molar-refractivity contribution in [1.82, 2.24) is 4.90 Å². The summed E-state index contributed by atoms with van der Waals surface area (Å²) < 4.78 is 10.7. The molecule has 0 aliphatic carbocycles. The first kappa shape index (κ1) is 18.3. The summed E-state index contributed by atoms with van der Waals surface area (Å²) in [6, 6.07) is 3.77. The lowest BCUT2D eigenvalue weighted by Gasteiger charge is -2.27. The third-order valence-corrected chi connectivity index (χ3v) is 3.89. The molecule has 1 aromatic carbocycles. The molecule has 22 heavy (non-hydrogen) atoms. The zero-order valence-electron chi connectivity index (χ0n) is 14.7. The Labute approximate surface area is 134 Å². The Morgan fingerprint density at radius 3 is 2.09 bits per heavy atom. The van der Waals surface area contributed by atoms with Crippen LogP contribution in [0.3, 0.4) is 0 Å². The fraction of sp³-hybridized carbons (Fsp3) is 0.611. The molecule has 1 rings (SSSR count). The molecule has 4 nitrogen and oxygen atoms in total. The lowest BCUT2D eigenvalue weighted by molar-refractivity contribution is 0.0701. The molecule has 0 radical (unpaired) electrons. The van der Waals surface area contributed by atoms with Gasteiger partial charge in [0.05, 0.1) is 14.2 Å². The van der Waals surface area contributed by atoms with Crippen molar-refractivity contribution in [2.45, 2.75) is 53.0 Å². The van der Waals surface area contributed by atoms with E-state index in [9.17, 15) is 4.79 Å². The molecule has 4 heteroatoms. The van der Waals surface area contributed by atoms with Crippen molar-refractivity contribution in [3.05, 3.63) is 23.3 Å². The number of ether oxygens (including phenoxy) is 2. The molecule has 0 saturated heterocycles. The van der Waals surface area contributed by atoms with E-state index in [1.54, 1.807) is 26.4 Å². The number of benzene rings is 1. The van der Waals surface area contributed by atoms with Crippen LogP contribution in [0.4, 0.5) is 0 Å². The van der Waals surface area contributed by atoms with Crippen LogP contribution in [-0.4, -0.2) is 37.6 Å². The van der Waals surface area contributed by atoms with Crippen molar-refractivity contribution >= 4 is 5.91 Å². The van der Waals surface area contributed by atoms with Crippen molar-refractivity contribution in [2.24, 2.45) is 0 Å². The van der Waals surface area contributed by atoms with E-state index in [1.165, 1.54) is 0 Å². The van der Waals surface area contributed by atoms with E-state index in [2.05, 4.69) is 6.92 Å². The smallest absolute Gasteiger partial charge is 0.254 e. The number of hydrogen-bond donors (Lipinski definition) is 0. The van der Waals surface area contributed by atoms with Crippen LogP contribution in [0.25, 0.3) is 0 Å². The number of nitrogens with zero attached hydrogens (tertiary/aromatic N) is 1. The summed E-state index contributed by atoms with van der Waals surface area (Å²) in [4.78, 5) is 14.8. The van der Waals surface area contributed by atoms with Gasteiger partial charge in [0.25, 0.3) is 5.91 Å². The standard InChI is InChI=1S/C18H29NO3/c1-7-8-9-10-19(13(2)3)18(20)15-11-16(21-5)14(4)17(12-15)22-6/h11-13H,7-10H2,1-6H3. The molecular formula is C18H29NO3. The highest BCUT2D eigenvalue weighted by Crippen LogP contribution is 2.30. The zero-order chi connectivity index (χ0) is 16.7. The Bertz CT molecular complexity index is 472. The number of carbonyl (C=O) groups excluding carboxylic acids is 1. The van der Waals surface area contributed by atoms with E-state index >= 15 is 0 Å². The second-order valence-corrected chi connectivity index (χ2v) is 5.81. The van der Waals surface area contributed by atoms with Gasteiger partial charge in [0, 0.05) is 23.7 Å². The molecule has 0 unspecified atom stereocenters. The molecular weight excluding hydrogens is 278 g/mol. The van der Waals surface area contributed by atoms with Crippen LogP contribution >= 0.6 is 0 Å². The summed E-state index contributed by atoms with van der Waals surface area (Å²) in [5.74, 6) is 1.39. The fourth-order valence-corrected chi connectivity index (χ4v) is 2.50. The first-order chi connectivity index (χ1) is 10.5. The lowest BCUT2D eigenvalue weighted by atomic mass is 10.1. The molecule has 0 saturated carbocycles. The minimum absolute atomic E-state index is 0.0303. The SMILES string of the molecule is CCCCCN(C(=O)c1cc(OC)c(C)c(OC)c1)C(C)C. The average Bonchev–Trinajstić information content (AvgIpc) is 2.50. The van der Waals surface area contributed by atoms with Gasteiger partial charge in [-0.1, -0.05) is 19.8 Å². The van der Waals surface area contributed by atoms with Gasteiger partial charge in [-0.3, -0.25) is 4.79 Å². The van der Waals surface area contributed by atoms with Crippen LogP contribution in [0.15, 0.2) is 12.1 Å². The molecule has 1 amide bonds. The maximum Gasteiger partial charge on any atom is 0.254 e. The molecule has 0 N–H and O–H groups in total. The van der Waals surface area contributed by atoms with Gasteiger partial charge in [-0.05, 0) is 39.3 Å². The fourth-order valence-electron chi connectivity index (χ4n) is 2.50. The predicted octanol–water partition coefficient (Wildman–Crippen LogP) is 4.05. The Hall–Kier alpha value is -1.71. The van der Waals surface area contributed by atoms with E-state index in [-0.39, 0.29) is 11.9 Å². The maximum atomic E-state index is 12.8. The minimum Gasteiger partial charge on any atom is -0.496 e. The normalized spacial score (nSPS) is 10.7. The number of rotatable bonds is 8. The molecule has 0 fully saturated rings. The molecule has 0 aliphatic rings. The van der Waals surface area contributed by atoms with Gasteiger partial charge in [-0.2, -0.15) is 0 Å². The molecule has 124 valence electrons. The largest absolute Gasteiger partial charge is 0.496 e. The van der Waals surface area contributed by atoms with Gasteiger partial charge in [0.15, 0.2) is 0 Å². The summed E-state index contributed by atoms with van der Waals surface area (Å²) in [7, 11) is 3.22. The second-order valence-electron chi connectivity index (χ2n) is 5.81. The third kappa shape index (κ3) is 4.39. The average molecular weight is 307 g/mol. The topological polar surface area (TPSA) is 38.8 Å². The van der Waals surface area contributed by atoms with E-state index < -0.39 is 0 Å². The predicted molar refractivity (Wildman–Crippen MR) is 90.0 cm³/mol. The number of methoxy groups -OCH3 is 2. The van der Waals surface area contributed by atoms with Crippen LogP contribution < -0.4 is 9.47 Å². The van der Waals surface area contributed by atoms with Crippen LogP contribution in [-0.2, 0) is 0 Å². The molecule has 0 spiro atoms. The molecule has 0 bridgehead atoms. The van der Waals surface area contributed by atoms with Crippen LogP contribution in [0.1, 0.15) is 56.0 Å². The van der Waals surface area contributed by atoms with Crippen molar-refractivity contribution < 1.29 is 14.3 Å². The molecule has 0 aromatic heterocycles.